The van der Waals surface area contributed by atoms with Gasteiger partial charge in [-0.1, -0.05) is 48.5 Å². The number of para-hydroxylation sites is 3. The van der Waals surface area contributed by atoms with Gasteiger partial charge < -0.3 is 9.88 Å². The molecule has 6 rings (SSSR count). The van der Waals surface area contributed by atoms with Gasteiger partial charge in [-0.05, 0) is 55.5 Å². The van der Waals surface area contributed by atoms with Crippen LogP contribution in [0.1, 0.15) is 6.92 Å². The molecule has 6 aromatic rings. The maximum Gasteiger partial charge on any atom is 0.263 e. The van der Waals surface area contributed by atoms with Gasteiger partial charge in [-0.3, -0.25) is 4.72 Å². The van der Waals surface area contributed by atoms with Crippen molar-refractivity contribution in [1.29, 1.82) is 0 Å². The molecule has 0 saturated carbocycles. The van der Waals surface area contributed by atoms with Gasteiger partial charge >= 0.3 is 0 Å². The van der Waals surface area contributed by atoms with Crippen LogP contribution in [0.5, 0.6) is 0 Å². The lowest BCUT2D eigenvalue weighted by Crippen LogP contribution is -2.16. The minimum atomic E-state index is -3.86. The molecule has 0 amide bonds. The van der Waals surface area contributed by atoms with Crippen molar-refractivity contribution in [2.24, 2.45) is 0 Å². The first-order valence-electron chi connectivity index (χ1n) is 11.7. The molecule has 0 aliphatic carbocycles. The summed E-state index contributed by atoms with van der Waals surface area (Å²) in [6.07, 6.45) is 0. The van der Waals surface area contributed by atoms with Crippen LogP contribution in [0.4, 0.5) is 17.3 Å². The van der Waals surface area contributed by atoms with Crippen molar-refractivity contribution in [2.45, 2.75) is 18.4 Å². The van der Waals surface area contributed by atoms with E-state index in [4.69, 9.17) is 4.98 Å². The first kappa shape index (κ1) is 22.1. The van der Waals surface area contributed by atoms with Gasteiger partial charge in [0.2, 0.25) is 0 Å². The number of fused-ring (bicyclic) bond motifs is 4. The van der Waals surface area contributed by atoms with Crippen molar-refractivity contribution in [3.63, 3.8) is 0 Å². The third kappa shape index (κ3) is 3.81. The second-order valence-electron chi connectivity index (χ2n) is 8.45. The summed E-state index contributed by atoms with van der Waals surface area (Å²) in [5.74, 6) is 0.459. The first-order valence-corrected chi connectivity index (χ1v) is 13.1. The molecule has 0 fully saturated rings. The average molecular weight is 494 g/mol. The van der Waals surface area contributed by atoms with Crippen LogP contribution in [-0.4, -0.2) is 23.0 Å². The molecule has 178 valence electrons. The summed E-state index contributed by atoms with van der Waals surface area (Å²) in [6.45, 7) is 2.99. The highest BCUT2D eigenvalue weighted by Crippen LogP contribution is 2.33. The number of nitrogens with one attached hydrogen (secondary N) is 2. The van der Waals surface area contributed by atoms with Gasteiger partial charge in [0.05, 0.1) is 15.9 Å². The minimum absolute atomic E-state index is 0.133. The molecule has 0 unspecified atom stereocenters. The van der Waals surface area contributed by atoms with Gasteiger partial charge in [-0.15, -0.1) is 0 Å². The molecule has 7 nitrogen and oxygen atoms in total. The Morgan fingerprint density at radius 1 is 0.722 bits per heavy atom. The van der Waals surface area contributed by atoms with Crippen molar-refractivity contribution < 1.29 is 8.42 Å². The van der Waals surface area contributed by atoms with Gasteiger partial charge in [0.1, 0.15) is 0 Å². The minimum Gasteiger partial charge on any atom is -0.341 e. The molecule has 0 aliphatic heterocycles. The molecule has 0 bridgehead atoms. The summed E-state index contributed by atoms with van der Waals surface area (Å²) >= 11 is 0. The number of benzene rings is 4. The Morgan fingerprint density at radius 3 is 2.11 bits per heavy atom. The van der Waals surface area contributed by atoms with Crippen LogP contribution >= 0.6 is 0 Å². The van der Waals surface area contributed by atoms with Crippen LogP contribution in [0.25, 0.3) is 32.8 Å². The maximum absolute atomic E-state index is 13.1. The predicted octanol–water partition coefficient (Wildman–Crippen LogP) is 6.30. The fourth-order valence-electron chi connectivity index (χ4n) is 4.55. The van der Waals surface area contributed by atoms with E-state index < -0.39 is 10.0 Å². The zero-order valence-corrected chi connectivity index (χ0v) is 20.3. The zero-order chi connectivity index (χ0) is 24.7. The Hall–Kier alpha value is -4.43. The van der Waals surface area contributed by atoms with Crippen LogP contribution in [0, 0.1) is 0 Å². The van der Waals surface area contributed by atoms with Crippen LogP contribution in [0.3, 0.4) is 0 Å². The molecule has 0 atom stereocenters. The Bertz CT molecular complexity index is 1850. The summed E-state index contributed by atoms with van der Waals surface area (Å²) in [5, 5.41) is 5.58. The second-order valence-corrected chi connectivity index (χ2v) is 10.1. The lowest BCUT2D eigenvalue weighted by molar-refractivity contribution is 0.601. The largest absolute Gasteiger partial charge is 0.341 e. The van der Waals surface area contributed by atoms with E-state index in [9.17, 15) is 8.42 Å². The molecule has 8 heteroatoms. The molecule has 36 heavy (non-hydrogen) atoms. The number of nitrogens with zero attached hydrogens (tertiary/aromatic N) is 3. The van der Waals surface area contributed by atoms with Crippen molar-refractivity contribution in [1.82, 2.24) is 14.5 Å². The lowest BCUT2D eigenvalue weighted by atomic mass is 10.1. The monoisotopic (exact) mass is 493 g/mol. The predicted molar refractivity (Wildman–Crippen MR) is 145 cm³/mol. The molecule has 2 heterocycles. The number of sulfonamides is 1. The van der Waals surface area contributed by atoms with E-state index in [0.29, 0.717) is 16.9 Å². The highest BCUT2D eigenvalue weighted by atomic mass is 32.2. The van der Waals surface area contributed by atoms with Crippen LogP contribution in [-0.2, 0) is 16.6 Å². The van der Waals surface area contributed by atoms with Gasteiger partial charge in [0, 0.05) is 34.0 Å². The fourth-order valence-corrected chi connectivity index (χ4v) is 5.58. The zero-order valence-electron chi connectivity index (χ0n) is 19.5. The van der Waals surface area contributed by atoms with E-state index in [2.05, 4.69) is 50.8 Å². The SMILES string of the molecule is CCn1c2ccccc2c2cc(Nc3nc4ccccc4nc3NS(=O)(=O)c3ccccc3)ccc21. The van der Waals surface area contributed by atoms with Crippen molar-refractivity contribution >= 4 is 60.2 Å². The van der Waals surface area contributed by atoms with E-state index in [1.165, 1.54) is 5.52 Å². The molecule has 2 N–H and O–H groups in total. The standard InChI is InChI=1S/C28H23N5O2S/c1-2-33-25-15-9-6-12-21(25)22-18-19(16-17-26(22)33)29-27-28(31-24-14-8-7-13-23(24)30-27)32-36(34,35)20-10-4-3-5-11-20/h3-18H,2H2,1H3,(H,29,30)(H,31,32). The normalized spacial score (nSPS) is 11.8. The number of hydrogen-bond acceptors (Lipinski definition) is 5. The topological polar surface area (TPSA) is 88.9 Å². The Labute approximate surface area is 208 Å². The highest BCUT2D eigenvalue weighted by Gasteiger charge is 2.19. The van der Waals surface area contributed by atoms with E-state index >= 15 is 0 Å². The smallest absolute Gasteiger partial charge is 0.263 e. The van der Waals surface area contributed by atoms with Gasteiger partial charge in [-0.25, -0.2) is 18.4 Å². The number of rotatable bonds is 6. The third-order valence-electron chi connectivity index (χ3n) is 6.21. The highest BCUT2D eigenvalue weighted by molar-refractivity contribution is 7.92. The number of aryl methyl sites for hydroxylation is 1. The molecule has 2 aromatic heterocycles. The van der Waals surface area contributed by atoms with Crippen LogP contribution in [0.15, 0.2) is 102 Å². The molecule has 0 aliphatic rings. The quantitative estimate of drug-likeness (QED) is 0.284. The fraction of sp³-hybridized carbons (Fsp3) is 0.0714. The number of anilines is 3. The van der Waals surface area contributed by atoms with E-state index in [1.807, 2.05) is 36.4 Å². The molecular weight excluding hydrogens is 470 g/mol. The summed E-state index contributed by atoms with van der Waals surface area (Å²) in [4.78, 5) is 9.45. The number of hydrogen-bond donors (Lipinski definition) is 2. The number of aromatic nitrogens is 3. The lowest BCUT2D eigenvalue weighted by Gasteiger charge is -2.14. The summed E-state index contributed by atoms with van der Waals surface area (Å²) in [7, 11) is -3.86. The Balaban J connectivity index is 1.46. The van der Waals surface area contributed by atoms with Crippen molar-refractivity contribution in [3.8, 4) is 0 Å². The average Bonchev–Trinajstić information content (AvgIpc) is 3.22. The molecule has 0 saturated heterocycles. The van der Waals surface area contributed by atoms with Crippen molar-refractivity contribution in [3.05, 3.63) is 97.1 Å². The Kier molecular flexibility index (Phi) is 5.30. The molecular formula is C28H23N5O2S. The molecule has 0 radical (unpaired) electrons. The van der Waals surface area contributed by atoms with Crippen LogP contribution in [0.2, 0.25) is 0 Å². The van der Waals surface area contributed by atoms with Crippen molar-refractivity contribution in [2.75, 3.05) is 10.0 Å². The van der Waals surface area contributed by atoms with E-state index in [-0.39, 0.29) is 10.7 Å². The van der Waals surface area contributed by atoms with Crippen LogP contribution < -0.4 is 10.0 Å². The van der Waals surface area contributed by atoms with E-state index in [1.54, 1.807) is 36.4 Å². The van der Waals surface area contributed by atoms with Gasteiger partial charge in [0.15, 0.2) is 11.6 Å². The molecule has 0 spiro atoms. The summed E-state index contributed by atoms with van der Waals surface area (Å²) < 4.78 is 31.1. The summed E-state index contributed by atoms with van der Waals surface area (Å²) in [5.41, 5.74) is 4.35. The summed E-state index contributed by atoms with van der Waals surface area (Å²) in [6, 6.07) is 30.0. The molecule has 4 aromatic carbocycles. The Morgan fingerprint density at radius 2 is 1.36 bits per heavy atom. The second kappa shape index (κ2) is 8.66. The first-order chi connectivity index (χ1) is 17.5. The maximum atomic E-state index is 13.1. The van der Waals surface area contributed by atoms with Gasteiger partial charge in [-0.2, -0.15) is 0 Å². The van der Waals surface area contributed by atoms with Gasteiger partial charge in [0.25, 0.3) is 10.0 Å². The third-order valence-corrected chi connectivity index (χ3v) is 7.56. The van der Waals surface area contributed by atoms with E-state index in [0.717, 1.165) is 28.5 Å².